The molecule has 0 saturated heterocycles. The van der Waals surface area contributed by atoms with Crippen LogP contribution in [-0.4, -0.2) is 20.1 Å². The van der Waals surface area contributed by atoms with Gasteiger partial charge in [-0.3, -0.25) is 0 Å². The van der Waals surface area contributed by atoms with Crippen molar-refractivity contribution in [2.24, 2.45) is 0 Å². The number of halogens is 1. The second kappa shape index (κ2) is 7.21. The van der Waals surface area contributed by atoms with Gasteiger partial charge in [-0.25, -0.2) is 0 Å². The summed E-state index contributed by atoms with van der Waals surface area (Å²) in [7, 11) is 0. The molecule has 0 heterocycles. The quantitative estimate of drug-likeness (QED) is 0.257. The van der Waals surface area contributed by atoms with E-state index in [1.54, 1.807) is 0 Å². The van der Waals surface area contributed by atoms with Gasteiger partial charge in [0.15, 0.2) is 0 Å². The molecule has 2 nitrogen and oxygen atoms in total. The molecule has 0 fully saturated rings. The number of alkyl halides is 2. The Bertz CT molecular complexity index is 119. The summed E-state index contributed by atoms with van der Waals surface area (Å²) >= 11 is 4.13. The topological polar surface area (TPSA) is 29.1 Å². The minimum atomic E-state index is 0.139. The Morgan fingerprint density at radius 2 is 2.27 bits per heavy atom. The standard InChI is InChI=1S/C7H15INOS/c1-6(2)8-5-9-7(10)3-4-11/h6,11H,3-5H2,1-2H3,(H,9,10)/q-1. The monoisotopic (exact) mass is 288 g/mol. The first-order chi connectivity index (χ1) is 5.16. The van der Waals surface area contributed by atoms with Gasteiger partial charge >= 0.3 is 84.3 Å². The maximum absolute atomic E-state index is 10.9. The van der Waals surface area contributed by atoms with Crippen LogP contribution in [0, 0.1) is 0 Å². The Morgan fingerprint density at radius 1 is 1.64 bits per heavy atom. The molecule has 11 heavy (non-hydrogen) atoms. The molecule has 0 bridgehead atoms. The summed E-state index contributed by atoms with van der Waals surface area (Å²) < 4.78 is 1.67. The molecule has 0 aliphatic rings. The van der Waals surface area contributed by atoms with E-state index < -0.39 is 0 Å². The summed E-state index contributed by atoms with van der Waals surface area (Å²) in [6, 6.07) is 0. The molecule has 1 N–H and O–H groups in total. The fourth-order valence-electron chi connectivity index (χ4n) is 0.457. The number of amides is 1. The van der Waals surface area contributed by atoms with Crippen molar-refractivity contribution >= 4 is 18.5 Å². The summed E-state index contributed by atoms with van der Waals surface area (Å²) in [5.74, 6) is 0.784. The number of hydrogen-bond acceptors (Lipinski definition) is 2. The zero-order valence-electron chi connectivity index (χ0n) is 6.93. The van der Waals surface area contributed by atoms with Crippen molar-refractivity contribution in [2.45, 2.75) is 24.2 Å². The average molecular weight is 288 g/mol. The molecule has 0 aliphatic heterocycles. The molecule has 1 amide bonds. The van der Waals surface area contributed by atoms with Gasteiger partial charge in [0.25, 0.3) is 0 Å². The van der Waals surface area contributed by atoms with Crippen LogP contribution < -0.4 is 26.5 Å². The second-order valence-corrected chi connectivity index (χ2v) is 6.96. The molecule has 0 spiro atoms. The van der Waals surface area contributed by atoms with Gasteiger partial charge in [0, 0.05) is 0 Å². The van der Waals surface area contributed by atoms with Gasteiger partial charge in [-0.1, -0.05) is 0 Å². The van der Waals surface area contributed by atoms with Crippen LogP contribution in [0.15, 0.2) is 0 Å². The minimum absolute atomic E-state index is 0.139. The molecule has 0 saturated carbocycles. The van der Waals surface area contributed by atoms with E-state index in [2.05, 4.69) is 31.8 Å². The van der Waals surface area contributed by atoms with Crippen molar-refractivity contribution in [1.82, 2.24) is 5.32 Å². The summed E-state index contributed by atoms with van der Waals surface area (Å²) in [6.45, 7) is 4.39. The van der Waals surface area contributed by atoms with Crippen LogP contribution >= 0.6 is 12.6 Å². The second-order valence-electron chi connectivity index (χ2n) is 2.38. The molecule has 0 aromatic rings. The number of carbonyl (C=O) groups excluding carboxylic acids is 1. The van der Waals surface area contributed by atoms with E-state index in [0.29, 0.717) is 12.2 Å². The Hall–Kier alpha value is 0.550. The third-order valence-corrected chi connectivity index (χ3v) is 3.80. The van der Waals surface area contributed by atoms with Crippen LogP contribution in [0.2, 0.25) is 0 Å². The molecule has 0 unspecified atom stereocenters. The molecule has 0 aromatic carbocycles. The van der Waals surface area contributed by atoms with E-state index in [1.807, 2.05) is 0 Å². The van der Waals surface area contributed by atoms with Crippen molar-refractivity contribution in [3.63, 3.8) is 0 Å². The van der Waals surface area contributed by atoms with Crippen molar-refractivity contribution in [3.05, 3.63) is 0 Å². The Labute approximate surface area is 84.2 Å². The van der Waals surface area contributed by atoms with Crippen LogP contribution in [0.1, 0.15) is 20.3 Å². The van der Waals surface area contributed by atoms with Crippen LogP contribution in [0.5, 0.6) is 0 Å². The van der Waals surface area contributed by atoms with E-state index in [-0.39, 0.29) is 27.1 Å². The van der Waals surface area contributed by atoms with E-state index in [9.17, 15) is 4.79 Å². The molecule has 68 valence electrons. The van der Waals surface area contributed by atoms with E-state index in [4.69, 9.17) is 0 Å². The molecule has 0 aliphatic carbocycles. The third kappa shape index (κ3) is 8.46. The summed E-state index contributed by atoms with van der Waals surface area (Å²) in [5.41, 5.74) is 0. The normalized spacial score (nSPS) is 10.5. The molecular weight excluding hydrogens is 273 g/mol. The fraction of sp³-hybridized carbons (Fsp3) is 0.857. The maximum atomic E-state index is 10.9. The zero-order valence-corrected chi connectivity index (χ0v) is 9.98. The number of rotatable bonds is 5. The molecule has 0 rings (SSSR count). The molecule has 0 atom stereocenters. The molecule has 0 radical (unpaired) electrons. The molecule has 4 heteroatoms. The van der Waals surface area contributed by atoms with E-state index >= 15 is 0 Å². The van der Waals surface area contributed by atoms with Gasteiger partial charge in [0.05, 0.1) is 0 Å². The number of nitrogens with one attached hydrogen (secondary N) is 1. The predicted molar refractivity (Wildman–Crippen MR) is 46.6 cm³/mol. The van der Waals surface area contributed by atoms with Crippen LogP contribution in [-0.2, 0) is 4.79 Å². The molecule has 0 aromatic heterocycles. The SMILES string of the molecule is CC(C)[I-]CNC(=O)CCS. The Balaban J connectivity index is 3.17. The van der Waals surface area contributed by atoms with Crippen LogP contribution in [0.25, 0.3) is 0 Å². The first-order valence-corrected chi connectivity index (χ1v) is 7.02. The first kappa shape index (κ1) is 11.6. The number of carbonyl (C=O) groups is 1. The van der Waals surface area contributed by atoms with E-state index in [0.717, 1.165) is 8.48 Å². The summed E-state index contributed by atoms with van der Waals surface area (Å²) in [5, 5.41) is 2.88. The van der Waals surface area contributed by atoms with Gasteiger partial charge in [-0.15, -0.1) is 0 Å². The predicted octanol–water partition coefficient (Wildman–Crippen LogP) is -2.12. The number of hydrogen-bond donors (Lipinski definition) is 2. The van der Waals surface area contributed by atoms with E-state index in [1.165, 1.54) is 0 Å². The summed E-state index contributed by atoms with van der Waals surface area (Å²) in [4.78, 5) is 10.9. The Kier molecular flexibility index (Phi) is 7.57. The van der Waals surface area contributed by atoms with Crippen molar-refractivity contribution in [1.29, 1.82) is 0 Å². The van der Waals surface area contributed by atoms with Gasteiger partial charge in [0.2, 0.25) is 0 Å². The van der Waals surface area contributed by atoms with Crippen LogP contribution in [0.3, 0.4) is 0 Å². The third-order valence-electron chi connectivity index (χ3n) is 0.989. The van der Waals surface area contributed by atoms with Gasteiger partial charge < -0.3 is 0 Å². The van der Waals surface area contributed by atoms with Crippen molar-refractivity contribution in [3.8, 4) is 0 Å². The number of thiol groups is 1. The fourth-order valence-corrected chi connectivity index (χ4v) is 2.19. The Morgan fingerprint density at radius 3 is 2.73 bits per heavy atom. The molecular formula is C7H15INOS-. The first-order valence-electron chi connectivity index (χ1n) is 3.62. The zero-order chi connectivity index (χ0) is 8.69. The van der Waals surface area contributed by atoms with Gasteiger partial charge in [0.1, 0.15) is 0 Å². The van der Waals surface area contributed by atoms with Gasteiger partial charge in [-0.2, -0.15) is 0 Å². The van der Waals surface area contributed by atoms with Crippen molar-refractivity contribution < 1.29 is 26.0 Å². The average Bonchev–Trinajstić information content (AvgIpc) is 1.87. The van der Waals surface area contributed by atoms with Crippen molar-refractivity contribution in [2.75, 3.05) is 10.3 Å². The summed E-state index contributed by atoms with van der Waals surface area (Å²) in [6.07, 6.45) is 0.547. The van der Waals surface area contributed by atoms with Gasteiger partial charge in [-0.05, 0) is 0 Å². The van der Waals surface area contributed by atoms with Crippen LogP contribution in [0.4, 0.5) is 0 Å².